The van der Waals surface area contributed by atoms with Crippen LogP contribution in [0.25, 0.3) is 0 Å². The van der Waals surface area contributed by atoms with Crippen LogP contribution in [0.5, 0.6) is 11.5 Å². The lowest BCUT2D eigenvalue weighted by molar-refractivity contribution is -0.118. The predicted molar refractivity (Wildman–Crippen MR) is 120 cm³/mol. The third-order valence-corrected chi connectivity index (χ3v) is 5.02. The summed E-state index contributed by atoms with van der Waals surface area (Å²) in [5, 5.41) is 10.7. The number of nitrogens with zero attached hydrogens (tertiary/aromatic N) is 1. The van der Waals surface area contributed by atoms with Crippen LogP contribution in [0.4, 0.5) is 5.69 Å². The zero-order valence-electron chi connectivity index (χ0n) is 18.6. The maximum absolute atomic E-state index is 13.1. The number of Topliss-reactive ketones (excluding diaryl/α,β-unsaturated/α-hetero) is 1. The number of ketones is 1. The third kappa shape index (κ3) is 4.58. The van der Waals surface area contributed by atoms with Gasteiger partial charge in [-0.15, -0.1) is 0 Å². The molecule has 0 radical (unpaired) electrons. The fraction of sp³-hybridized carbons (Fsp3) is 0.360. The Morgan fingerprint density at radius 1 is 1.06 bits per heavy atom. The molecule has 0 aliphatic carbocycles. The number of ether oxygens (including phenoxy) is 2. The van der Waals surface area contributed by atoms with Crippen LogP contribution in [0.2, 0.25) is 0 Å². The zero-order valence-corrected chi connectivity index (χ0v) is 18.6. The number of hydrogen-bond acceptors (Lipinski definition) is 5. The average Bonchev–Trinajstić information content (AvgIpc) is 2.98. The van der Waals surface area contributed by atoms with E-state index in [0.29, 0.717) is 22.7 Å². The number of carbonyl (C=O) groups is 2. The minimum Gasteiger partial charge on any atom is -0.503 e. The molecule has 164 valence electrons. The molecular formula is C25H29NO5. The van der Waals surface area contributed by atoms with Crippen molar-refractivity contribution < 1.29 is 24.2 Å². The molecule has 2 aromatic rings. The molecule has 31 heavy (non-hydrogen) atoms. The van der Waals surface area contributed by atoms with Gasteiger partial charge in [-0.2, -0.15) is 0 Å². The van der Waals surface area contributed by atoms with Gasteiger partial charge in [0.1, 0.15) is 11.5 Å². The van der Waals surface area contributed by atoms with Crippen LogP contribution in [0.15, 0.2) is 59.9 Å². The SMILES string of the molecule is COc1ccccc1C1C(C(=O)CC(C)C)=C(O)C(=O)N1c1ccc(OC(C)C)cc1. The molecule has 0 aromatic heterocycles. The summed E-state index contributed by atoms with van der Waals surface area (Å²) < 4.78 is 11.2. The number of aliphatic hydroxyl groups is 1. The van der Waals surface area contributed by atoms with Gasteiger partial charge in [0.2, 0.25) is 0 Å². The van der Waals surface area contributed by atoms with Crippen LogP contribution in [-0.2, 0) is 9.59 Å². The van der Waals surface area contributed by atoms with E-state index in [1.54, 1.807) is 36.4 Å². The van der Waals surface area contributed by atoms with Gasteiger partial charge in [-0.1, -0.05) is 32.0 Å². The number of para-hydroxylation sites is 1. The fourth-order valence-electron chi connectivity index (χ4n) is 3.78. The molecule has 6 nitrogen and oxygen atoms in total. The van der Waals surface area contributed by atoms with Crippen molar-refractivity contribution in [3.63, 3.8) is 0 Å². The van der Waals surface area contributed by atoms with E-state index < -0.39 is 17.7 Å². The van der Waals surface area contributed by atoms with E-state index in [4.69, 9.17) is 9.47 Å². The lowest BCUT2D eigenvalue weighted by atomic mass is 9.91. The van der Waals surface area contributed by atoms with E-state index in [9.17, 15) is 14.7 Å². The maximum Gasteiger partial charge on any atom is 0.294 e. The van der Waals surface area contributed by atoms with Crippen LogP contribution in [0, 0.1) is 5.92 Å². The first-order valence-electron chi connectivity index (χ1n) is 10.4. The van der Waals surface area contributed by atoms with E-state index in [1.165, 1.54) is 12.0 Å². The minimum absolute atomic E-state index is 0.0200. The molecule has 2 aromatic carbocycles. The van der Waals surface area contributed by atoms with Gasteiger partial charge in [-0.05, 0) is 50.1 Å². The standard InChI is InChI=1S/C25H29NO5/c1-15(2)14-20(27)22-23(19-8-6-7-9-21(19)30-5)26(25(29)24(22)28)17-10-12-18(13-11-17)31-16(3)4/h6-13,15-16,23,28H,14H2,1-5H3. The van der Waals surface area contributed by atoms with Gasteiger partial charge in [-0.25, -0.2) is 0 Å². The Labute approximate surface area is 183 Å². The Morgan fingerprint density at radius 3 is 2.29 bits per heavy atom. The van der Waals surface area contributed by atoms with Crippen molar-refractivity contribution in [3.05, 3.63) is 65.4 Å². The van der Waals surface area contributed by atoms with E-state index >= 15 is 0 Å². The molecule has 1 N–H and O–H groups in total. The van der Waals surface area contributed by atoms with Gasteiger partial charge in [0.15, 0.2) is 11.5 Å². The van der Waals surface area contributed by atoms with Crippen molar-refractivity contribution in [3.8, 4) is 11.5 Å². The van der Waals surface area contributed by atoms with Crippen LogP contribution in [0.1, 0.15) is 45.7 Å². The summed E-state index contributed by atoms with van der Waals surface area (Å²) in [7, 11) is 1.54. The summed E-state index contributed by atoms with van der Waals surface area (Å²) in [5.74, 6) is -0.0755. The van der Waals surface area contributed by atoms with Crippen LogP contribution in [0.3, 0.4) is 0 Å². The molecule has 0 saturated carbocycles. The van der Waals surface area contributed by atoms with Gasteiger partial charge in [0.05, 0.1) is 24.8 Å². The molecule has 1 unspecified atom stereocenters. The van der Waals surface area contributed by atoms with Gasteiger partial charge in [-0.3, -0.25) is 14.5 Å². The molecule has 0 fully saturated rings. The second kappa shape index (κ2) is 9.25. The maximum atomic E-state index is 13.1. The second-order valence-corrected chi connectivity index (χ2v) is 8.26. The third-order valence-electron chi connectivity index (χ3n) is 5.02. The van der Waals surface area contributed by atoms with Crippen molar-refractivity contribution in [2.75, 3.05) is 12.0 Å². The Bertz CT molecular complexity index is 991. The Balaban J connectivity index is 2.11. The van der Waals surface area contributed by atoms with Gasteiger partial charge in [0.25, 0.3) is 5.91 Å². The van der Waals surface area contributed by atoms with Crippen LogP contribution in [-0.4, -0.2) is 30.0 Å². The largest absolute Gasteiger partial charge is 0.503 e. The first kappa shape index (κ1) is 22.4. The Hall–Kier alpha value is -3.28. The predicted octanol–water partition coefficient (Wildman–Crippen LogP) is 5.00. The number of methoxy groups -OCH3 is 1. The molecule has 1 heterocycles. The molecule has 1 atom stereocenters. The molecule has 1 aliphatic heterocycles. The van der Waals surface area contributed by atoms with Crippen LogP contribution < -0.4 is 14.4 Å². The number of benzene rings is 2. The molecule has 0 bridgehead atoms. The van der Waals surface area contributed by atoms with Crippen molar-refractivity contribution in [2.45, 2.75) is 46.3 Å². The summed E-state index contributed by atoms with van der Waals surface area (Å²) in [6, 6.07) is 13.5. The molecule has 1 aliphatic rings. The Morgan fingerprint density at radius 2 is 1.71 bits per heavy atom. The van der Waals surface area contributed by atoms with Crippen molar-refractivity contribution in [1.29, 1.82) is 0 Å². The van der Waals surface area contributed by atoms with Crippen molar-refractivity contribution in [2.24, 2.45) is 5.92 Å². The number of carbonyl (C=O) groups excluding carboxylic acids is 2. The van der Waals surface area contributed by atoms with E-state index in [-0.39, 0.29) is 29.8 Å². The fourth-order valence-corrected chi connectivity index (χ4v) is 3.78. The summed E-state index contributed by atoms with van der Waals surface area (Å²) in [6.07, 6.45) is 0.249. The second-order valence-electron chi connectivity index (χ2n) is 8.26. The highest BCUT2D eigenvalue weighted by atomic mass is 16.5. The average molecular weight is 424 g/mol. The topological polar surface area (TPSA) is 76.1 Å². The van der Waals surface area contributed by atoms with E-state index in [0.717, 1.165) is 0 Å². The first-order chi connectivity index (χ1) is 14.7. The number of aliphatic hydroxyl groups excluding tert-OH is 1. The lowest BCUT2D eigenvalue weighted by Gasteiger charge is -2.28. The number of hydrogen-bond donors (Lipinski definition) is 1. The van der Waals surface area contributed by atoms with E-state index in [1.807, 2.05) is 39.8 Å². The molecular weight excluding hydrogens is 394 g/mol. The molecule has 0 saturated heterocycles. The Kier molecular flexibility index (Phi) is 6.68. The summed E-state index contributed by atoms with van der Waals surface area (Å²) in [4.78, 5) is 27.7. The molecule has 3 rings (SSSR count). The smallest absolute Gasteiger partial charge is 0.294 e. The normalized spacial score (nSPS) is 16.4. The monoisotopic (exact) mass is 423 g/mol. The summed E-state index contributed by atoms with van der Waals surface area (Å²) in [6.45, 7) is 7.72. The number of rotatable bonds is 8. The van der Waals surface area contributed by atoms with Gasteiger partial charge in [0, 0.05) is 17.7 Å². The zero-order chi connectivity index (χ0) is 22.7. The molecule has 1 amide bonds. The lowest BCUT2D eigenvalue weighted by Crippen LogP contribution is -2.31. The van der Waals surface area contributed by atoms with Crippen molar-refractivity contribution >= 4 is 17.4 Å². The highest BCUT2D eigenvalue weighted by Gasteiger charge is 2.45. The van der Waals surface area contributed by atoms with E-state index in [2.05, 4.69) is 0 Å². The summed E-state index contributed by atoms with van der Waals surface area (Å²) in [5.41, 5.74) is 1.29. The molecule has 6 heteroatoms. The highest BCUT2D eigenvalue weighted by molar-refractivity contribution is 6.16. The van der Waals surface area contributed by atoms with Gasteiger partial charge >= 0.3 is 0 Å². The molecule has 0 spiro atoms. The number of amides is 1. The quantitative estimate of drug-likeness (QED) is 0.647. The number of anilines is 1. The minimum atomic E-state index is -0.785. The van der Waals surface area contributed by atoms with Crippen molar-refractivity contribution in [1.82, 2.24) is 0 Å². The van der Waals surface area contributed by atoms with Crippen LogP contribution >= 0.6 is 0 Å². The van der Waals surface area contributed by atoms with Gasteiger partial charge < -0.3 is 14.6 Å². The first-order valence-corrected chi connectivity index (χ1v) is 10.4. The highest BCUT2D eigenvalue weighted by Crippen LogP contribution is 2.44. The summed E-state index contributed by atoms with van der Waals surface area (Å²) >= 11 is 0.